The highest BCUT2D eigenvalue weighted by Gasteiger charge is 2.22. The summed E-state index contributed by atoms with van der Waals surface area (Å²) in [4.78, 5) is 24.3. The minimum absolute atomic E-state index is 0.0394. The van der Waals surface area contributed by atoms with E-state index in [1.165, 1.54) is 6.92 Å². The van der Waals surface area contributed by atoms with Gasteiger partial charge in [-0.2, -0.15) is 0 Å². The van der Waals surface area contributed by atoms with Crippen LogP contribution in [0.5, 0.6) is 0 Å². The normalized spacial score (nSPS) is 17.2. The number of amides is 1. The van der Waals surface area contributed by atoms with Crippen molar-refractivity contribution >= 4 is 11.7 Å². The second-order valence-corrected chi connectivity index (χ2v) is 4.38. The van der Waals surface area contributed by atoms with Crippen LogP contribution in [0.1, 0.15) is 32.6 Å². The quantitative estimate of drug-likeness (QED) is 0.731. The van der Waals surface area contributed by atoms with Crippen LogP contribution >= 0.6 is 0 Å². The van der Waals surface area contributed by atoms with Gasteiger partial charge in [0.2, 0.25) is 5.91 Å². The minimum Gasteiger partial charge on any atom is -0.394 e. The van der Waals surface area contributed by atoms with Gasteiger partial charge in [-0.05, 0) is 19.8 Å². The summed E-state index contributed by atoms with van der Waals surface area (Å²) in [6.45, 7) is 3.28. The molecule has 0 saturated carbocycles. The number of aliphatic hydroxyl groups excluding tert-OH is 1. The van der Waals surface area contributed by atoms with Crippen molar-refractivity contribution in [1.29, 1.82) is 0 Å². The Labute approximate surface area is 102 Å². The third-order valence-electron chi connectivity index (χ3n) is 2.93. The average Bonchev–Trinajstić information content (AvgIpc) is 2.34. The second-order valence-electron chi connectivity index (χ2n) is 4.38. The molecular weight excluding hydrogens is 222 g/mol. The van der Waals surface area contributed by atoms with Gasteiger partial charge >= 0.3 is 0 Å². The lowest BCUT2D eigenvalue weighted by molar-refractivity contribution is -0.135. The number of carbonyl (C=O) groups is 2. The highest BCUT2D eigenvalue weighted by Crippen LogP contribution is 2.14. The molecule has 0 atom stereocenters. The Kier molecular flexibility index (Phi) is 6.15. The van der Waals surface area contributed by atoms with Crippen molar-refractivity contribution in [3.8, 4) is 0 Å². The van der Waals surface area contributed by atoms with Crippen molar-refractivity contribution in [3.05, 3.63) is 0 Å². The van der Waals surface area contributed by atoms with Crippen LogP contribution < -0.4 is 0 Å². The van der Waals surface area contributed by atoms with E-state index < -0.39 is 0 Å². The number of hydrogen-bond donors (Lipinski definition) is 1. The van der Waals surface area contributed by atoms with Crippen LogP contribution in [0.15, 0.2) is 0 Å². The number of hydrogen-bond acceptors (Lipinski definition) is 4. The van der Waals surface area contributed by atoms with Gasteiger partial charge in [-0.3, -0.25) is 4.79 Å². The highest BCUT2D eigenvalue weighted by molar-refractivity contribution is 5.83. The second kappa shape index (κ2) is 7.40. The molecule has 17 heavy (non-hydrogen) atoms. The predicted molar refractivity (Wildman–Crippen MR) is 62.6 cm³/mol. The third-order valence-corrected chi connectivity index (χ3v) is 2.93. The molecule has 1 aliphatic heterocycles. The predicted octanol–water partition coefficient (Wildman–Crippen LogP) is 0.355. The zero-order chi connectivity index (χ0) is 12.7. The molecule has 1 heterocycles. The first-order chi connectivity index (χ1) is 8.13. The average molecular weight is 243 g/mol. The van der Waals surface area contributed by atoms with Crippen molar-refractivity contribution in [1.82, 2.24) is 4.90 Å². The van der Waals surface area contributed by atoms with Crippen LogP contribution in [0, 0.1) is 0 Å². The van der Waals surface area contributed by atoms with E-state index in [4.69, 9.17) is 9.84 Å². The maximum Gasteiger partial charge on any atom is 0.223 e. The maximum atomic E-state index is 11.7. The summed E-state index contributed by atoms with van der Waals surface area (Å²) < 4.78 is 5.42. The Morgan fingerprint density at radius 2 is 1.94 bits per heavy atom. The summed E-state index contributed by atoms with van der Waals surface area (Å²) >= 11 is 0. The molecule has 1 rings (SSSR count). The molecule has 0 unspecified atom stereocenters. The molecule has 0 aromatic heterocycles. The maximum absolute atomic E-state index is 11.7. The van der Waals surface area contributed by atoms with E-state index in [-0.39, 0.29) is 24.4 Å². The summed E-state index contributed by atoms with van der Waals surface area (Å²) in [6, 6.07) is 0. The molecule has 1 N–H and O–H groups in total. The number of ketones is 1. The fourth-order valence-electron chi connectivity index (χ4n) is 1.93. The first kappa shape index (κ1) is 14.1. The van der Waals surface area contributed by atoms with Gasteiger partial charge in [-0.25, -0.2) is 0 Å². The van der Waals surface area contributed by atoms with Gasteiger partial charge in [0.1, 0.15) is 5.78 Å². The van der Waals surface area contributed by atoms with Crippen LogP contribution in [0.2, 0.25) is 0 Å². The molecule has 5 heteroatoms. The van der Waals surface area contributed by atoms with Gasteiger partial charge in [0, 0.05) is 25.9 Å². The summed E-state index contributed by atoms with van der Waals surface area (Å²) in [5.41, 5.74) is 0. The standard InChI is InChI=1S/C12H21NO4/c1-10(15)2-3-12(16)13-6-4-11(5-7-13)17-9-8-14/h11,14H,2-9H2,1H3. The van der Waals surface area contributed by atoms with Crippen LogP contribution in [0.3, 0.4) is 0 Å². The number of likely N-dealkylation sites (tertiary alicyclic amines) is 1. The Hall–Kier alpha value is -0.940. The van der Waals surface area contributed by atoms with Crippen molar-refractivity contribution in [2.24, 2.45) is 0 Å². The van der Waals surface area contributed by atoms with Gasteiger partial charge in [0.15, 0.2) is 0 Å². The first-order valence-electron chi connectivity index (χ1n) is 6.13. The van der Waals surface area contributed by atoms with Crippen molar-refractivity contribution in [2.45, 2.75) is 38.7 Å². The topological polar surface area (TPSA) is 66.8 Å². The van der Waals surface area contributed by atoms with E-state index in [0.717, 1.165) is 12.8 Å². The first-order valence-corrected chi connectivity index (χ1v) is 6.13. The van der Waals surface area contributed by atoms with E-state index in [9.17, 15) is 9.59 Å². The fourth-order valence-corrected chi connectivity index (χ4v) is 1.93. The van der Waals surface area contributed by atoms with E-state index in [1.807, 2.05) is 0 Å². The van der Waals surface area contributed by atoms with Gasteiger partial charge in [0.05, 0.1) is 19.3 Å². The third kappa shape index (κ3) is 5.28. The molecule has 0 bridgehead atoms. The monoisotopic (exact) mass is 243 g/mol. The molecule has 0 radical (unpaired) electrons. The van der Waals surface area contributed by atoms with E-state index in [2.05, 4.69) is 0 Å². The fraction of sp³-hybridized carbons (Fsp3) is 0.833. The summed E-state index contributed by atoms with van der Waals surface area (Å²) in [5, 5.41) is 8.64. The molecule has 0 spiro atoms. The summed E-state index contributed by atoms with van der Waals surface area (Å²) in [5.74, 6) is 0.111. The van der Waals surface area contributed by atoms with Crippen molar-refractivity contribution in [2.75, 3.05) is 26.3 Å². The number of piperidine rings is 1. The van der Waals surface area contributed by atoms with Crippen LogP contribution in [0.25, 0.3) is 0 Å². The molecule has 0 aliphatic carbocycles. The molecule has 1 aliphatic rings. The molecule has 1 saturated heterocycles. The lowest BCUT2D eigenvalue weighted by Crippen LogP contribution is -2.41. The number of carbonyl (C=O) groups excluding carboxylic acids is 2. The molecule has 1 amide bonds. The molecule has 5 nitrogen and oxygen atoms in total. The number of aliphatic hydroxyl groups is 1. The van der Waals surface area contributed by atoms with Crippen LogP contribution in [-0.2, 0) is 14.3 Å². The smallest absolute Gasteiger partial charge is 0.223 e. The molecule has 0 aromatic rings. The summed E-state index contributed by atoms with van der Waals surface area (Å²) in [6.07, 6.45) is 2.42. The Bertz CT molecular complexity index is 259. The van der Waals surface area contributed by atoms with Gasteiger partial charge in [-0.1, -0.05) is 0 Å². The number of nitrogens with zero attached hydrogens (tertiary/aromatic N) is 1. The van der Waals surface area contributed by atoms with Gasteiger partial charge < -0.3 is 19.5 Å². The molecule has 1 fully saturated rings. The Morgan fingerprint density at radius 3 is 2.47 bits per heavy atom. The highest BCUT2D eigenvalue weighted by atomic mass is 16.5. The van der Waals surface area contributed by atoms with E-state index in [0.29, 0.717) is 32.5 Å². The van der Waals surface area contributed by atoms with E-state index >= 15 is 0 Å². The Morgan fingerprint density at radius 1 is 1.29 bits per heavy atom. The van der Waals surface area contributed by atoms with Crippen molar-refractivity contribution < 1.29 is 19.4 Å². The van der Waals surface area contributed by atoms with Gasteiger partial charge in [0.25, 0.3) is 0 Å². The zero-order valence-electron chi connectivity index (χ0n) is 10.4. The minimum atomic E-state index is 0.0394. The molecule has 0 aromatic carbocycles. The largest absolute Gasteiger partial charge is 0.394 e. The van der Waals surface area contributed by atoms with Crippen molar-refractivity contribution in [3.63, 3.8) is 0 Å². The lowest BCUT2D eigenvalue weighted by Gasteiger charge is -2.31. The number of ether oxygens (including phenoxy) is 1. The van der Waals surface area contributed by atoms with Crippen LogP contribution in [0.4, 0.5) is 0 Å². The molecule has 98 valence electrons. The van der Waals surface area contributed by atoms with E-state index in [1.54, 1.807) is 4.90 Å². The lowest BCUT2D eigenvalue weighted by atomic mass is 10.1. The SMILES string of the molecule is CC(=O)CCC(=O)N1CCC(OCCO)CC1. The summed E-state index contributed by atoms with van der Waals surface area (Å²) in [7, 11) is 0. The Balaban J connectivity index is 2.21. The van der Waals surface area contributed by atoms with Crippen LogP contribution in [-0.4, -0.2) is 54.1 Å². The van der Waals surface area contributed by atoms with Gasteiger partial charge in [-0.15, -0.1) is 0 Å². The molecular formula is C12H21NO4. The number of rotatable bonds is 6. The number of Topliss-reactive ketones (excluding diaryl/α,β-unsaturated/α-hetero) is 1. The zero-order valence-corrected chi connectivity index (χ0v) is 10.4.